The average molecular weight is 286 g/mol. The summed E-state index contributed by atoms with van der Waals surface area (Å²) in [6, 6.07) is 10.3. The van der Waals surface area contributed by atoms with E-state index < -0.39 is 0 Å². The molecule has 1 aromatic rings. The topological polar surface area (TPSA) is 56.5 Å². The van der Waals surface area contributed by atoms with Crippen molar-refractivity contribution < 1.29 is 9.84 Å². The first-order valence-electron chi connectivity index (χ1n) is 7.77. The van der Waals surface area contributed by atoms with E-state index >= 15 is 0 Å². The van der Waals surface area contributed by atoms with Gasteiger partial charge in [-0.25, -0.2) is 0 Å². The minimum atomic E-state index is -0.203. The Bertz CT molecular complexity index is 526. The molecule has 2 aliphatic rings. The van der Waals surface area contributed by atoms with Gasteiger partial charge in [-0.3, -0.25) is 4.90 Å². The van der Waals surface area contributed by atoms with Gasteiger partial charge in [0.25, 0.3) is 0 Å². The Labute approximate surface area is 125 Å². The lowest BCUT2D eigenvalue weighted by Crippen LogP contribution is -2.50. The van der Waals surface area contributed by atoms with Crippen molar-refractivity contribution in [1.82, 2.24) is 4.90 Å². The second-order valence-corrected chi connectivity index (χ2v) is 6.04. The fourth-order valence-corrected chi connectivity index (χ4v) is 3.65. The van der Waals surface area contributed by atoms with Gasteiger partial charge in [-0.15, -0.1) is 0 Å². The molecule has 1 saturated heterocycles. The molecule has 3 atom stereocenters. The molecule has 0 radical (unpaired) electrons. The Morgan fingerprint density at radius 3 is 2.95 bits per heavy atom. The predicted octanol–water partition coefficient (Wildman–Crippen LogP) is 1.92. The summed E-state index contributed by atoms with van der Waals surface area (Å²) in [5, 5.41) is 19.4. The molecule has 0 spiro atoms. The van der Waals surface area contributed by atoms with Crippen LogP contribution in [0.1, 0.15) is 30.4 Å². The van der Waals surface area contributed by atoms with Gasteiger partial charge in [0, 0.05) is 25.0 Å². The number of benzene rings is 1. The molecule has 0 aromatic heterocycles. The van der Waals surface area contributed by atoms with Crippen molar-refractivity contribution in [1.29, 1.82) is 5.26 Å². The number of ether oxygens (including phenoxy) is 1. The number of hydrogen-bond donors (Lipinski definition) is 1. The van der Waals surface area contributed by atoms with E-state index in [1.165, 1.54) is 0 Å². The van der Waals surface area contributed by atoms with Crippen LogP contribution in [0, 0.1) is 17.2 Å². The van der Waals surface area contributed by atoms with Crippen LogP contribution in [0.25, 0.3) is 0 Å². The van der Waals surface area contributed by atoms with E-state index in [2.05, 4.69) is 11.0 Å². The maximum Gasteiger partial charge on any atom is 0.0995 e. The van der Waals surface area contributed by atoms with E-state index in [-0.39, 0.29) is 12.1 Å². The Morgan fingerprint density at radius 2 is 2.19 bits per heavy atom. The van der Waals surface area contributed by atoms with Crippen LogP contribution in [0.4, 0.5) is 0 Å². The van der Waals surface area contributed by atoms with E-state index in [0.717, 1.165) is 50.1 Å². The van der Waals surface area contributed by atoms with Crippen LogP contribution in [-0.2, 0) is 11.3 Å². The molecule has 0 bridgehead atoms. The first kappa shape index (κ1) is 14.5. The summed E-state index contributed by atoms with van der Waals surface area (Å²) >= 11 is 0. The molecule has 0 amide bonds. The molecule has 1 aromatic carbocycles. The Morgan fingerprint density at radius 1 is 1.33 bits per heavy atom. The van der Waals surface area contributed by atoms with Crippen molar-refractivity contribution in [3.8, 4) is 6.07 Å². The number of hydrogen-bond acceptors (Lipinski definition) is 4. The normalized spacial score (nSPS) is 30.2. The molecule has 1 aliphatic heterocycles. The third-order valence-electron chi connectivity index (χ3n) is 4.82. The van der Waals surface area contributed by atoms with E-state index in [0.29, 0.717) is 12.5 Å². The molecule has 3 rings (SSSR count). The quantitative estimate of drug-likeness (QED) is 0.922. The molecule has 112 valence electrons. The maximum atomic E-state index is 10.2. The van der Waals surface area contributed by atoms with Gasteiger partial charge in [0.1, 0.15) is 0 Å². The number of morpholine rings is 1. The van der Waals surface area contributed by atoms with Gasteiger partial charge in [-0.05, 0) is 24.5 Å². The lowest BCUT2D eigenvalue weighted by atomic mass is 9.93. The zero-order chi connectivity index (χ0) is 14.7. The highest BCUT2D eigenvalue weighted by atomic mass is 16.5. The summed E-state index contributed by atoms with van der Waals surface area (Å²) < 4.78 is 5.65. The van der Waals surface area contributed by atoms with Crippen molar-refractivity contribution in [2.75, 3.05) is 19.8 Å². The fraction of sp³-hybridized carbons (Fsp3) is 0.588. The van der Waals surface area contributed by atoms with Crippen molar-refractivity contribution in [2.45, 2.75) is 38.0 Å². The summed E-state index contributed by atoms with van der Waals surface area (Å²) in [6.07, 6.45) is 2.88. The van der Waals surface area contributed by atoms with E-state index in [9.17, 15) is 10.4 Å². The summed E-state index contributed by atoms with van der Waals surface area (Å²) in [6.45, 7) is 3.05. The maximum absolute atomic E-state index is 10.2. The number of nitrogens with zero attached hydrogens (tertiary/aromatic N) is 2. The van der Waals surface area contributed by atoms with Crippen LogP contribution in [0.15, 0.2) is 24.3 Å². The Balaban J connectivity index is 1.77. The van der Waals surface area contributed by atoms with Crippen LogP contribution in [-0.4, -0.2) is 41.9 Å². The molecule has 4 heteroatoms. The zero-order valence-electron chi connectivity index (χ0n) is 12.2. The zero-order valence-corrected chi connectivity index (χ0v) is 12.2. The molecule has 4 nitrogen and oxygen atoms in total. The molecule has 1 aliphatic carbocycles. The number of aliphatic hydroxyl groups is 1. The van der Waals surface area contributed by atoms with Crippen molar-refractivity contribution in [3.63, 3.8) is 0 Å². The van der Waals surface area contributed by atoms with Crippen LogP contribution in [0.2, 0.25) is 0 Å². The molecule has 1 saturated carbocycles. The summed E-state index contributed by atoms with van der Waals surface area (Å²) in [5.41, 5.74) is 1.81. The second kappa shape index (κ2) is 6.57. The van der Waals surface area contributed by atoms with Gasteiger partial charge in [-0.2, -0.15) is 5.26 Å². The molecule has 1 N–H and O–H groups in total. The van der Waals surface area contributed by atoms with Crippen LogP contribution >= 0.6 is 0 Å². The lowest BCUT2D eigenvalue weighted by Gasteiger charge is -2.40. The molecule has 0 unspecified atom stereocenters. The van der Waals surface area contributed by atoms with Gasteiger partial charge in [0.15, 0.2) is 0 Å². The van der Waals surface area contributed by atoms with Crippen LogP contribution in [0.5, 0.6) is 0 Å². The number of rotatable bonds is 3. The van der Waals surface area contributed by atoms with Gasteiger partial charge in [-0.1, -0.05) is 24.6 Å². The minimum absolute atomic E-state index is 0.203. The van der Waals surface area contributed by atoms with Crippen molar-refractivity contribution in [3.05, 3.63) is 35.4 Å². The highest BCUT2D eigenvalue weighted by Crippen LogP contribution is 2.33. The van der Waals surface area contributed by atoms with Gasteiger partial charge in [0.05, 0.1) is 31.0 Å². The van der Waals surface area contributed by atoms with Gasteiger partial charge >= 0.3 is 0 Å². The third-order valence-corrected chi connectivity index (χ3v) is 4.82. The van der Waals surface area contributed by atoms with E-state index in [1.807, 2.05) is 24.3 Å². The molecule has 1 heterocycles. The van der Waals surface area contributed by atoms with Crippen molar-refractivity contribution in [2.24, 2.45) is 5.92 Å². The summed E-state index contributed by atoms with van der Waals surface area (Å²) in [4.78, 5) is 2.39. The predicted molar refractivity (Wildman–Crippen MR) is 79.5 cm³/mol. The second-order valence-electron chi connectivity index (χ2n) is 6.04. The third kappa shape index (κ3) is 3.11. The molecule has 21 heavy (non-hydrogen) atoms. The highest BCUT2D eigenvalue weighted by Gasteiger charge is 2.37. The summed E-state index contributed by atoms with van der Waals surface area (Å²) in [5.74, 6) is 0.305. The van der Waals surface area contributed by atoms with Crippen LogP contribution in [0.3, 0.4) is 0 Å². The smallest absolute Gasteiger partial charge is 0.0995 e. The van der Waals surface area contributed by atoms with E-state index in [4.69, 9.17) is 4.74 Å². The molecular formula is C17H22N2O2. The van der Waals surface area contributed by atoms with Crippen LogP contribution < -0.4 is 0 Å². The highest BCUT2D eigenvalue weighted by molar-refractivity contribution is 5.37. The van der Waals surface area contributed by atoms with Gasteiger partial charge < -0.3 is 9.84 Å². The average Bonchev–Trinajstić information content (AvgIpc) is 2.94. The fourth-order valence-electron chi connectivity index (χ4n) is 3.65. The Kier molecular flexibility index (Phi) is 4.54. The number of aliphatic hydroxyl groups excluding tert-OH is 1. The molecular weight excluding hydrogens is 264 g/mol. The SMILES string of the molecule is N#Cc1ccccc1CN1CCOC[C@@H]1[C@@H]1CCC[C@@H]1O. The lowest BCUT2D eigenvalue weighted by molar-refractivity contribution is -0.0536. The van der Waals surface area contributed by atoms with Gasteiger partial charge in [0.2, 0.25) is 0 Å². The molecule has 2 fully saturated rings. The number of nitriles is 1. The first-order valence-corrected chi connectivity index (χ1v) is 7.77. The first-order chi connectivity index (χ1) is 10.3. The Hall–Kier alpha value is -1.41. The minimum Gasteiger partial charge on any atom is -0.393 e. The largest absolute Gasteiger partial charge is 0.393 e. The van der Waals surface area contributed by atoms with Crippen molar-refractivity contribution >= 4 is 0 Å². The van der Waals surface area contributed by atoms with E-state index in [1.54, 1.807) is 0 Å². The summed E-state index contributed by atoms with van der Waals surface area (Å²) in [7, 11) is 0. The monoisotopic (exact) mass is 286 g/mol. The standard InChI is InChI=1S/C17H22N2O2/c18-10-13-4-1-2-5-14(13)11-19-8-9-21-12-16(19)15-6-3-7-17(15)20/h1-2,4-5,15-17,20H,3,6-9,11-12H2/t15-,16+,17-/m0/s1.